The van der Waals surface area contributed by atoms with E-state index in [1.165, 1.54) is 12.4 Å². The Labute approximate surface area is 243 Å². The number of anilines is 1. The number of aromatic nitrogens is 4. The fraction of sp³-hybridized carbons (Fsp3) is 0.323. The van der Waals surface area contributed by atoms with Crippen molar-refractivity contribution < 1.29 is 18.7 Å². The molecule has 0 saturated carbocycles. The summed E-state index contributed by atoms with van der Waals surface area (Å²) in [4.78, 5) is 23.6. The number of benzene rings is 2. The number of rotatable bonds is 9. The van der Waals surface area contributed by atoms with Crippen LogP contribution in [0.2, 0.25) is 0 Å². The molecule has 4 aromatic rings. The second-order valence-corrected chi connectivity index (χ2v) is 9.95. The van der Waals surface area contributed by atoms with E-state index in [1.54, 1.807) is 39.9 Å². The molecule has 1 unspecified atom stereocenters. The van der Waals surface area contributed by atoms with E-state index < -0.39 is 5.82 Å². The van der Waals surface area contributed by atoms with Gasteiger partial charge in [0.25, 0.3) is 5.91 Å². The highest BCUT2D eigenvalue weighted by Gasteiger charge is 2.30. The van der Waals surface area contributed by atoms with Crippen molar-refractivity contribution in [2.45, 2.75) is 45.3 Å². The van der Waals surface area contributed by atoms with Crippen molar-refractivity contribution in [1.29, 1.82) is 5.26 Å². The SMILES string of the molecule is CCO[C@@H](C=C(C#N)C(=O)N1CCCC(n2nc(-c3ccc(Oc4ccccc4)cc3F)c3c(N)ncnc32)C1)CC. The second kappa shape index (κ2) is 12.8. The zero-order chi connectivity index (χ0) is 29.6. The van der Waals surface area contributed by atoms with E-state index >= 15 is 4.39 Å². The molecule has 1 fully saturated rings. The number of ether oxygens (including phenoxy) is 2. The van der Waals surface area contributed by atoms with Gasteiger partial charge < -0.3 is 20.1 Å². The van der Waals surface area contributed by atoms with Crippen molar-refractivity contribution in [3.05, 3.63) is 72.3 Å². The summed E-state index contributed by atoms with van der Waals surface area (Å²) in [5.74, 6) is 0.206. The Balaban J connectivity index is 1.46. The number of nitrogens with zero attached hydrogens (tertiary/aromatic N) is 6. The number of hydrogen-bond acceptors (Lipinski definition) is 8. The van der Waals surface area contributed by atoms with Gasteiger partial charge in [-0.25, -0.2) is 19.0 Å². The summed E-state index contributed by atoms with van der Waals surface area (Å²) in [5.41, 5.74) is 7.28. The first-order valence-electron chi connectivity index (χ1n) is 14.0. The first-order chi connectivity index (χ1) is 20.4. The lowest BCUT2D eigenvalue weighted by atomic mass is 10.0. The van der Waals surface area contributed by atoms with E-state index in [-0.39, 0.29) is 35.0 Å². The van der Waals surface area contributed by atoms with Gasteiger partial charge in [0.15, 0.2) is 5.65 Å². The van der Waals surface area contributed by atoms with E-state index in [1.807, 2.05) is 38.1 Å². The van der Waals surface area contributed by atoms with Crippen molar-refractivity contribution in [2.75, 3.05) is 25.4 Å². The van der Waals surface area contributed by atoms with E-state index in [9.17, 15) is 10.1 Å². The van der Waals surface area contributed by atoms with Crippen molar-refractivity contribution in [3.63, 3.8) is 0 Å². The molecule has 2 atom stereocenters. The molecule has 3 heterocycles. The summed E-state index contributed by atoms with van der Waals surface area (Å²) in [6.07, 6.45) is 4.67. The lowest BCUT2D eigenvalue weighted by Gasteiger charge is -2.33. The smallest absolute Gasteiger partial charge is 0.264 e. The third-order valence-corrected chi connectivity index (χ3v) is 7.21. The minimum absolute atomic E-state index is 0.0495. The maximum Gasteiger partial charge on any atom is 0.264 e. The molecule has 2 aromatic heterocycles. The van der Waals surface area contributed by atoms with Crippen LogP contribution in [0.5, 0.6) is 11.5 Å². The number of nitrogen functional groups attached to an aromatic ring is 1. The first kappa shape index (κ1) is 28.7. The monoisotopic (exact) mass is 569 g/mol. The number of carbonyl (C=O) groups is 1. The standard InChI is InChI=1S/C31H32FN7O3/c1-3-22(41-4-2)15-20(17-33)31(40)38-14-8-9-21(18-38)39-30-27(29(34)35-19-36-30)28(37-39)25-13-12-24(16-26(25)32)42-23-10-6-5-7-11-23/h5-7,10-13,15-16,19,21-22H,3-4,8-9,14,18H2,1-2H3,(H2,34,35,36)/t21?,22-/m1/s1. The van der Waals surface area contributed by atoms with E-state index in [0.29, 0.717) is 67.2 Å². The zero-order valence-electron chi connectivity index (χ0n) is 23.5. The second-order valence-electron chi connectivity index (χ2n) is 9.95. The van der Waals surface area contributed by atoms with Crippen LogP contribution in [0.4, 0.5) is 10.2 Å². The highest BCUT2D eigenvalue weighted by Crippen LogP contribution is 2.36. The number of halogens is 1. The molecule has 2 N–H and O–H groups in total. The van der Waals surface area contributed by atoms with Gasteiger partial charge in [-0.05, 0) is 56.5 Å². The number of likely N-dealkylation sites (tertiary alicyclic amines) is 1. The van der Waals surface area contributed by atoms with Gasteiger partial charge in [-0.1, -0.05) is 25.1 Å². The number of amides is 1. The highest BCUT2D eigenvalue weighted by atomic mass is 19.1. The summed E-state index contributed by atoms with van der Waals surface area (Å²) in [5, 5.41) is 14.9. The number of nitrogens with two attached hydrogens (primary N) is 1. The Morgan fingerprint density at radius 2 is 2.02 bits per heavy atom. The van der Waals surface area contributed by atoms with Crippen LogP contribution in [-0.4, -0.2) is 56.4 Å². The van der Waals surface area contributed by atoms with E-state index in [0.717, 1.165) is 0 Å². The number of fused-ring (bicyclic) bond motifs is 1. The Morgan fingerprint density at radius 1 is 1.21 bits per heavy atom. The van der Waals surface area contributed by atoms with Gasteiger partial charge in [0, 0.05) is 31.3 Å². The molecule has 1 amide bonds. The third-order valence-electron chi connectivity index (χ3n) is 7.21. The van der Waals surface area contributed by atoms with E-state index in [4.69, 9.17) is 20.3 Å². The molecule has 0 bridgehead atoms. The topological polar surface area (TPSA) is 132 Å². The van der Waals surface area contributed by atoms with Gasteiger partial charge in [-0.3, -0.25) is 4.79 Å². The predicted octanol–water partition coefficient (Wildman–Crippen LogP) is 5.44. The Bertz CT molecular complexity index is 1650. The summed E-state index contributed by atoms with van der Waals surface area (Å²) in [6, 6.07) is 15.4. The van der Waals surface area contributed by atoms with Gasteiger partial charge >= 0.3 is 0 Å². The Kier molecular flexibility index (Phi) is 8.74. The van der Waals surface area contributed by atoms with Crippen molar-refractivity contribution in [2.24, 2.45) is 0 Å². The molecule has 1 saturated heterocycles. The molecule has 0 radical (unpaired) electrons. The fourth-order valence-electron chi connectivity index (χ4n) is 5.16. The summed E-state index contributed by atoms with van der Waals surface area (Å²) in [7, 11) is 0. The molecule has 216 valence electrons. The molecule has 0 aliphatic carbocycles. The minimum atomic E-state index is -0.540. The average molecular weight is 570 g/mol. The predicted molar refractivity (Wildman–Crippen MR) is 156 cm³/mol. The van der Waals surface area contributed by atoms with Crippen LogP contribution in [0.25, 0.3) is 22.3 Å². The van der Waals surface area contributed by atoms with Crippen molar-refractivity contribution in [3.8, 4) is 28.8 Å². The fourth-order valence-corrected chi connectivity index (χ4v) is 5.16. The first-order valence-corrected chi connectivity index (χ1v) is 14.0. The summed E-state index contributed by atoms with van der Waals surface area (Å²) < 4.78 is 28.6. The van der Waals surface area contributed by atoms with Crippen molar-refractivity contribution >= 4 is 22.8 Å². The molecule has 1 aliphatic heterocycles. The third kappa shape index (κ3) is 5.94. The molecule has 5 rings (SSSR count). The van der Waals surface area contributed by atoms with Gasteiger partial charge in [0.2, 0.25) is 0 Å². The Hall–Kier alpha value is -4.82. The number of nitriles is 1. The van der Waals surface area contributed by atoms with Gasteiger partial charge in [-0.2, -0.15) is 10.4 Å². The largest absolute Gasteiger partial charge is 0.457 e. The van der Waals surface area contributed by atoms with Crippen LogP contribution in [0.15, 0.2) is 66.5 Å². The maximum atomic E-state index is 15.5. The van der Waals surface area contributed by atoms with Crippen LogP contribution < -0.4 is 10.5 Å². The quantitative estimate of drug-likeness (QED) is 0.208. The van der Waals surface area contributed by atoms with Gasteiger partial charge in [0.1, 0.15) is 46.8 Å². The normalized spacial score (nSPS) is 16.3. The maximum absolute atomic E-state index is 15.5. The number of carbonyl (C=O) groups excluding carboxylic acids is 1. The molecular weight excluding hydrogens is 537 g/mol. The number of piperidine rings is 1. The summed E-state index contributed by atoms with van der Waals surface area (Å²) in [6.45, 7) is 5.10. The van der Waals surface area contributed by atoms with Gasteiger partial charge in [-0.15, -0.1) is 0 Å². The Morgan fingerprint density at radius 3 is 2.74 bits per heavy atom. The molecular formula is C31H32FN7O3. The molecule has 0 spiro atoms. The van der Waals surface area contributed by atoms with E-state index in [2.05, 4.69) is 9.97 Å². The van der Waals surface area contributed by atoms with Crippen LogP contribution in [0.1, 0.15) is 39.2 Å². The molecule has 10 nitrogen and oxygen atoms in total. The number of hydrogen-bond donors (Lipinski definition) is 1. The number of para-hydroxylation sites is 1. The molecule has 1 aliphatic rings. The van der Waals surface area contributed by atoms with Crippen LogP contribution >= 0.6 is 0 Å². The van der Waals surface area contributed by atoms with Crippen LogP contribution in [0, 0.1) is 17.1 Å². The average Bonchev–Trinajstić information content (AvgIpc) is 3.40. The lowest BCUT2D eigenvalue weighted by molar-refractivity contribution is -0.128. The molecule has 42 heavy (non-hydrogen) atoms. The zero-order valence-corrected chi connectivity index (χ0v) is 23.5. The minimum Gasteiger partial charge on any atom is -0.457 e. The van der Waals surface area contributed by atoms with Gasteiger partial charge in [0.05, 0.1) is 17.5 Å². The van der Waals surface area contributed by atoms with Crippen LogP contribution in [0.3, 0.4) is 0 Å². The highest BCUT2D eigenvalue weighted by molar-refractivity contribution is 5.99. The lowest BCUT2D eigenvalue weighted by Crippen LogP contribution is -2.41. The van der Waals surface area contributed by atoms with Crippen LogP contribution in [-0.2, 0) is 9.53 Å². The summed E-state index contributed by atoms with van der Waals surface area (Å²) >= 11 is 0. The van der Waals surface area contributed by atoms with Crippen molar-refractivity contribution in [1.82, 2.24) is 24.6 Å². The molecule has 11 heteroatoms. The molecule has 2 aromatic carbocycles.